The Balaban J connectivity index is 0.000000271. The molecule has 0 heterocycles. The molecule has 0 atom stereocenters. The molecule has 0 unspecified atom stereocenters. The molecule has 0 saturated heterocycles. The molecule has 2 aromatic carbocycles. The van der Waals surface area contributed by atoms with Crippen LogP contribution in [0.15, 0.2) is 33.2 Å². The van der Waals surface area contributed by atoms with Gasteiger partial charge in [-0.15, -0.1) is 0 Å². The summed E-state index contributed by atoms with van der Waals surface area (Å²) in [7, 11) is 2.78. The van der Waals surface area contributed by atoms with Crippen molar-refractivity contribution in [2.75, 3.05) is 14.2 Å². The molecule has 4 nitrogen and oxygen atoms in total. The normalized spacial score (nSPS) is 9.93. The predicted molar refractivity (Wildman–Crippen MR) is 118 cm³/mol. The van der Waals surface area contributed by atoms with Crippen molar-refractivity contribution in [3.05, 3.63) is 66.6 Å². The molecule has 2 aromatic rings. The number of ether oxygens (including phenoxy) is 2. The van der Waals surface area contributed by atoms with Crippen LogP contribution >= 0.6 is 47.8 Å². The molecule has 146 valence electrons. The summed E-state index contributed by atoms with van der Waals surface area (Å²) in [6.07, 6.45) is 0. The van der Waals surface area contributed by atoms with Crippen LogP contribution in [0.2, 0.25) is 0 Å². The summed E-state index contributed by atoms with van der Waals surface area (Å²) in [5.74, 6) is -0.563. The van der Waals surface area contributed by atoms with Gasteiger partial charge in [0.05, 0.1) is 25.3 Å². The molecule has 0 aromatic heterocycles. The second kappa shape index (κ2) is 11.0. The highest BCUT2D eigenvalue weighted by Crippen LogP contribution is 2.24. The molecule has 27 heavy (non-hydrogen) atoms. The van der Waals surface area contributed by atoms with Crippen LogP contribution in [0.4, 0.5) is 0 Å². The quantitative estimate of drug-likeness (QED) is 0.325. The lowest BCUT2D eigenvalue weighted by Crippen LogP contribution is -2.07. The first-order valence-electron chi connectivity index (χ1n) is 7.94. The van der Waals surface area contributed by atoms with Crippen LogP contribution < -0.4 is 0 Å². The van der Waals surface area contributed by atoms with Gasteiger partial charge in [0.15, 0.2) is 0 Å². The first-order valence-corrected chi connectivity index (χ1v) is 10.6. The maximum Gasteiger partial charge on any atom is 0.338 e. The van der Waals surface area contributed by atoms with Gasteiger partial charge in [-0.05, 0) is 67.3 Å². The zero-order chi connectivity index (χ0) is 20.7. The van der Waals surface area contributed by atoms with Crippen LogP contribution in [0.25, 0.3) is 0 Å². The van der Waals surface area contributed by atoms with Crippen LogP contribution in [0.5, 0.6) is 0 Å². The highest BCUT2D eigenvalue weighted by Gasteiger charge is 2.15. The number of rotatable bonds is 3. The van der Waals surface area contributed by atoms with Crippen LogP contribution in [0.3, 0.4) is 0 Å². The molecule has 7 heteroatoms. The number of esters is 2. The van der Waals surface area contributed by atoms with Gasteiger partial charge in [-0.2, -0.15) is 0 Å². The molecule has 0 fully saturated rings. The summed E-state index contributed by atoms with van der Waals surface area (Å²) in [4.78, 5) is 22.8. The predicted octanol–water partition coefficient (Wildman–Crippen LogP) is 6.29. The van der Waals surface area contributed by atoms with Crippen molar-refractivity contribution in [2.45, 2.75) is 26.1 Å². The zero-order valence-corrected chi connectivity index (χ0v) is 20.5. The first-order chi connectivity index (χ1) is 12.7. The topological polar surface area (TPSA) is 52.6 Å². The fraction of sp³-hybridized carbons (Fsp3) is 0.300. The smallest absolute Gasteiger partial charge is 0.338 e. The number of carbonyl (C=O) groups is 2. The van der Waals surface area contributed by atoms with Crippen LogP contribution in [0, 0.1) is 20.8 Å². The lowest BCUT2D eigenvalue weighted by molar-refractivity contribution is 0.0590. The number of hydrogen-bond donors (Lipinski definition) is 0. The molecule has 0 spiro atoms. The number of aryl methyl sites for hydroxylation is 3. The maximum atomic E-state index is 11.5. The molecular formula is C20H21Br3O4. The Morgan fingerprint density at radius 1 is 0.778 bits per heavy atom. The van der Waals surface area contributed by atoms with Gasteiger partial charge in [0.1, 0.15) is 0 Å². The summed E-state index contributed by atoms with van der Waals surface area (Å²) in [6, 6.07) is 7.62. The van der Waals surface area contributed by atoms with E-state index in [1.807, 2.05) is 45.0 Å². The highest BCUT2D eigenvalue weighted by atomic mass is 79.9. The van der Waals surface area contributed by atoms with Crippen molar-refractivity contribution in [3.8, 4) is 0 Å². The summed E-state index contributed by atoms with van der Waals surface area (Å²) in [6.45, 7) is 5.68. The fourth-order valence-electron chi connectivity index (χ4n) is 2.65. The Hall–Kier alpha value is -1.18. The van der Waals surface area contributed by atoms with Gasteiger partial charge in [-0.1, -0.05) is 47.8 Å². The fourth-order valence-corrected chi connectivity index (χ4v) is 4.40. The number of hydrogen-bond acceptors (Lipinski definition) is 4. The van der Waals surface area contributed by atoms with Crippen LogP contribution in [-0.4, -0.2) is 26.2 Å². The summed E-state index contributed by atoms with van der Waals surface area (Å²) in [5, 5.41) is 0.637. The Morgan fingerprint density at radius 3 is 1.56 bits per heavy atom. The first kappa shape index (κ1) is 23.9. The third kappa shape index (κ3) is 6.43. The van der Waals surface area contributed by atoms with Crippen LogP contribution in [0.1, 0.15) is 43.0 Å². The number of carbonyl (C=O) groups excluding carboxylic acids is 2. The lowest BCUT2D eigenvalue weighted by Gasteiger charge is -2.09. The average Bonchev–Trinajstić information content (AvgIpc) is 2.59. The van der Waals surface area contributed by atoms with Crippen molar-refractivity contribution in [1.82, 2.24) is 0 Å². The average molecular weight is 565 g/mol. The zero-order valence-electron chi connectivity index (χ0n) is 15.8. The monoisotopic (exact) mass is 562 g/mol. The Bertz CT molecular complexity index is 824. The molecule has 0 radical (unpaired) electrons. The van der Waals surface area contributed by atoms with E-state index < -0.39 is 0 Å². The third-order valence-electron chi connectivity index (χ3n) is 3.80. The Kier molecular flexibility index (Phi) is 9.70. The largest absolute Gasteiger partial charge is 0.465 e. The summed E-state index contributed by atoms with van der Waals surface area (Å²) in [5.41, 5.74) is 5.01. The van der Waals surface area contributed by atoms with E-state index in [-0.39, 0.29) is 11.9 Å². The lowest BCUT2D eigenvalue weighted by atomic mass is 10.0. The molecule has 0 aliphatic heterocycles. The van der Waals surface area contributed by atoms with Crippen LogP contribution in [-0.2, 0) is 14.8 Å². The molecule has 0 saturated carbocycles. The van der Waals surface area contributed by atoms with Gasteiger partial charge in [0.25, 0.3) is 0 Å². The highest BCUT2D eigenvalue weighted by molar-refractivity contribution is 9.10. The minimum Gasteiger partial charge on any atom is -0.465 e. The second-order valence-electron chi connectivity index (χ2n) is 5.79. The summed E-state index contributed by atoms with van der Waals surface area (Å²) < 4.78 is 11.4. The minimum absolute atomic E-state index is 0.275. The van der Waals surface area contributed by atoms with E-state index in [9.17, 15) is 9.59 Å². The second-order valence-corrected chi connectivity index (χ2v) is 8.18. The Labute approximate surface area is 185 Å². The van der Waals surface area contributed by atoms with E-state index in [0.29, 0.717) is 16.5 Å². The van der Waals surface area contributed by atoms with Crippen molar-refractivity contribution in [3.63, 3.8) is 0 Å². The third-order valence-corrected chi connectivity index (χ3v) is 5.32. The van der Waals surface area contributed by atoms with Crippen molar-refractivity contribution < 1.29 is 19.1 Å². The van der Waals surface area contributed by atoms with Gasteiger partial charge in [0, 0.05) is 14.3 Å². The van der Waals surface area contributed by atoms with Gasteiger partial charge in [-0.3, -0.25) is 0 Å². The Morgan fingerprint density at radius 2 is 1.15 bits per heavy atom. The van der Waals surface area contributed by atoms with Crippen molar-refractivity contribution >= 4 is 59.7 Å². The van der Waals surface area contributed by atoms with Gasteiger partial charge in [-0.25, -0.2) is 9.59 Å². The molecule has 0 aliphatic rings. The summed E-state index contributed by atoms with van der Waals surface area (Å²) >= 11 is 10.1. The van der Waals surface area contributed by atoms with Crippen molar-refractivity contribution in [1.29, 1.82) is 0 Å². The van der Waals surface area contributed by atoms with E-state index in [4.69, 9.17) is 4.74 Å². The van der Waals surface area contributed by atoms with Gasteiger partial charge < -0.3 is 9.47 Å². The maximum absolute atomic E-state index is 11.5. The molecule has 0 amide bonds. The molecule has 0 N–H and O–H groups in total. The number of methoxy groups -OCH3 is 2. The van der Waals surface area contributed by atoms with Gasteiger partial charge in [0.2, 0.25) is 0 Å². The number of halogens is 3. The molecule has 0 bridgehead atoms. The SMILES string of the molecule is COC(=O)c1c(C)cc(Br)cc1C.COC(=O)c1c(C)cc(Br)cc1CBr. The van der Waals surface area contributed by atoms with Gasteiger partial charge >= 0.3 is 11.9 Å². The molecular weight excluding hydrogens is 544 g/mol. The van der Waals surface area contributed by atoms with Crippen molar-refractivity contribution in [2.24, 2.45) is 0 Å². The molecule has 2 rings (SSSR count). The standard InChI is InChI=1S/C10H10Br2O2.C10H11BrO2/c1-6-3-8(12)4-7(5-11)9(6)10(13)14-2;1-6-4-8(11)5-7(2)9(6)10(12)13-3/h3-4H,5H2,1-2H3;4-5H,1-3H3. The van der Waals surface area contributed by atoms with E-state index in [2.05, 4.69) is 52.5 Å². The van der Waals surface area contributed by atoms with E-state index in [1.165, 1.54) is 14.2 Å². The number of benzene rings is 2. The van der Waals surface area contributed by atoms with E-state index in [1.54, 1.807) is 0 Å². The minimum atomic E-state index is -0.288. The molecule has 0 aliphatic carbocycles. The van der Waals surface area contributed by atoms with E-state index in [0.717, 1.165) is 31.2 Å². The van der Waals surface area contributed by atoms with E-state index >= 15 is 0 Å². The number of alkyl halides is 1.